The van der Waals surface area contributed by atoms with Crippen LogP contribution in [0.1, 0.15) is 5.56 Å². The van der Waals surface area contributed by atoms with E-state index in [1.807, 2.05) is 6.07 Å². The highest BCUT2D eigenvalue weighted by Gasteiger charge is 2.16. The van der Waals surface area contributed by atoms with E-state index in [9.17, 15) is 4.39 Å². The monoisotopic (exact) mass is 215 g/mol. The molecule has 4 heteroatoms. The summed E-state index contributed by atoms with van der Waals surface area (Å²) in [5.41, 5.74) is 0.902. The van der Waals surface area contributed by atoms with Crippen molar-refractivity contribution in [1.82, 2.24) is 5.32 Å². The van der Waals surface area contributed by atoms with Crippen molar-refractivity contribution in [2.75, 3.05) is 13.2 Å². The molecule has 1 N–H and O–H groups in total. The van der Waals surface area contributed by atoms with Gasteiger partial charge in [-0.05, 0) is 17.7 Å². The molecule has 14 heavy (non-hydrogen) atoms. The van der Waals surface area contributed by atoms with E-state index in [4.69, 9.17) is 16.3 Å². The number of hydrogen-bond donors (Lipinski definition) is 1. The molecule has 1 aromatic carbocycles. The van der Waals surface area contributed by atoms with Gasteiger partial charge >= 0.3 is 0 Å². The van der Waals surface area contributed by atoms with Crippen molar-refractivity contribution >= 4 is 11.6 Å². The summed E-state index contributed by atoms with van der Waals surface area (Å²) in [7, 11) is 0. The number of halogens is 2. The molecule has 0 aliphatic carbocycles. The largest absolute Gasteiger partial charge is 0.378 e. The lowest BCUT2D eigenvalue weighted by Gasteiger charge is -2.27. The van der Waals surface area contributed by atoms with Gasteiger partial charge in [0.05, 0.1) is 24.3 Å². The predicted molar refractivity (Wildman–Crippen MR) is 52.9 cm³/mol. The van der Waals surface area contributed by atoms with Gasteiger partial charge in [-0.3, -0.25) is 0 Å². The van der Waals surface area contributed by atoms with Crippen LogP contribution in [0.3, 0.4) is 0 Å². The topological polar surface area (TPSA) is 21.3 Å². The zero-order valence-electron chi connectivity index (χ0n) is 7.59. The first-order valence-corrected chi connectivity index (χ1v) is 4.88. The molecule has 0 amide bonds. The van der Waals surface area contributed by atoms with Gasteiger partial charge in [-0.25, -0.2) is 4.39 Å². The molecule has 0 unspecified atom stereocenters. The highest BCUT2D eigenvalue weighted by molar-refractivity contribution is 6.30. The van der Waals surface area contributed by atoms with Crippen LogP contribution < -0.4 is 5.32 Å². The molecule has 76 valence electrons. The number of nitrogens with one attached hydrogen (secondary N) is 1. The fourth-order valence-electron chi connectivity index (χ4n) is 1.27. The lowest BCUT2D eigenvalue weighted by Crippen LogP contribution is -2.45. The third-order valence-corrected chi connectivity index (χ3v) is 2.52. The molecule has 0 radical (unpaired) electrons. The summed E-state index contributed by atoms with van der Waals surface area (Å²) in [6.45, 7) is 2.15. The third-order valence-electron chi connectivity index (χ3n) is 2.22. The van der Waals surface area contributed by atoms with E-state index in [1.165, 1.54) is 6.07 Å². The average Bonchev–Trinajstić information content (AvgIpc) is 2.08. The Hall–Kier alpha value is -0.640. The lowest BCUT2D eigenvalue weighted by atomic mass is 10.2. The maximum Gasteiger partial charge on any atom is 0.142 e. The van der Waals surface area contributed by atoms with E-state index in [0.29, 0.717) is 12.6 Å². The van der Waals surface area contributed by atoms with E-state index >= 15 is 0 Å². The number of ether oxygens (including phenoxy) is 1. The second-order valence-corrected chi connectivity index (χ2v) is 3.77. The van der Waals surface area contributed by atoms with Gasteiger partial charge in [-0.2, -0.15) is 0 Å². The van der Waals surface area contributed by atoms with Crippen LogP contribution in [0.25, 0.3) is 0 Å². The summed E-state index contributed by atoms with van der Waals surface area (Å²) in [5.74, 6) is -0.365. The van der Waals surface area contributed by atoms with Gasteiger partial charge in [0.1, 0.15) is 5.82 Å². The Balaban J connectivity index is 1.91. The van der Waals surface area contributed by atoms with Crippen LogP contribution in [0, 0.1) is 5.82 Å². The Labute approximate surface area is 87.0 Å². The fourth-order valence-corrected chi connectivity index (χ4v) is 1.38. The van der Waals surface area contributed by atoms with Crippen molar-refractivity contribution in [3.8, 4) is 0 Å². The summed E-state index contributed by atoms with van der Waals surface area (Å²) in [4.78, 5) is 0. The van der Waals surface area contributed by atoms with Crippen molar-refractivity contribution in [1.29, 1.82) is 0 Å². The van der Waals surface area contributed by atoms with Gasteiger partial charge < -0.3 is 10.1 Å². The minimum atomic E-state index is -0.365. The molecule has 1 heterocycles. The van der Waals surface area contributed by atoms with Gasteiger partial charge in [0.25, 0.3) is 0 Å². The van der Waals surface area contributed by atoms with E-state index in [-0.39, 0.29) is 10.8 Å². The van der Waals surface area contributed by atoms with Crippen LogP contribution in [-0.2, 0) is 11.3 Å². The third kappa shape index (κ3) is 2.23. The Morgan fingerprint density at radius 1 is 1.50 bits per heavy atom. The molecular formula is C10H11ClFNO. The molecule has 2 rings (SSSR count). The molecule has 0 bridgehead atoms. The lowest BCUT2D eigenvalue weighted by molar-refractivity contribution is -0.00579. The number of rotatable bonds is 3. The normalized spacial score (nSPS) is 16.7. The van der Waals surface area contributed by atoms with E-state index in [0.717, 1.165) is 18.8 Å². The Morgan fingerprint density at radius 3 is 2.86 bits per heavy atom. The summed E-state index contributed by atoms with van der Waals surface area (Å²) >= 11 is 5.57. The second-order valence-electron chi connectivity index (χ2n) is 3.36. The van der Waals surface area contributed by atoms with Gasteiger partial charge in [0.2, 0.25) is 0 Å². The van der Waals surface area contributed by atoms with E-state index < -0.39 is 0 Å². The second kappa shape index (κ2) is 4.26. The smallest absolute Gasteiger partial charge is 0.142 e. The molecule has 1 aromatic rings. The van der Waals surface area contributed by atoms with Gasteiger partial charge in [0.15, 0.2) is 0 Å². The standard InChI is InChI=1S/C10H11ClFNO/c11-9-2-1-7(3-10(9)12)4-13-8-5-14-6-8/h1-3,8,13H,4-6H2. The van der Waals surface area contributed by atoms with E-state index in [2.05, 4.69) is 5.32 Å². The molecule has 0 spiro atoms. The average molecular weight is 216 g/mol. The molecule has 1 saturated heterocycles. The maximum atomic E-state index is 13.0. The zero-order chi connectivity index (χ0) is 9.97. The highest BCUT2D eigenvalue weighted by atomic mass is 35.5. The summed E-state index contributed by atoms with van der Waals surface area (Å²) < 4.78 is 18.0. The van der Waals surface area contributed by atoms with Crippen LogP contribution in [-0.4, -0.2) is 19.3 Å². The molecule has 0 aromatic heterocycles. The first kappa shape index (κ1) is 9.90. The van der Waals surface area contributed by atoms with Crippen LogP contribution >= 0.6 is 11.6 Å². The van der Waals surface area contributed by atoms with E-state index in [1.54, 1.807) is 6.07 Å². The summed E-state index contributed by atoms with van der Waals surface area (Å²) in [5, 5.41) is 3.41. The Kier molecular flexibility index (Phi) is 3.01. The molecule has 1 aliphatic heterocycles. The van der Waals surface area contributed by atoms with Crippen molar-refractivity contribution in [3.05, 3.63) is 34.6 Å². The number of hydrogen-bond acceptors (Lipinski definition) is 2. The van der Waals surface area contributed by atoms with Crippen LogP contribution in [0.5, 0.6) is 0 Å². The quantitative estimate of drug-likeness (QED) is 0.833. The first-order valence-electron chi connectivity index (χ1n) is 4.51. The van der Waals surface area contributed by atoms with Crippen molar-refractivity contribution in [2.24, 2.45) is 0 Å². The van der Waals surface area contributed by atoms with Crippen LogP contribution in [0.2, 0.25) is 5.02 Å². The fraction of sp³-hybridized carbons (Fsp3) is 0.400. The molecule has 1 fully saturated rings. The molecule has 1 aliphatic rings. The number of benzene rings is 1. The Bertz CT molecular complexity index is 328. The maximum absolute atomic E-state index is 13.0. The molecule has 0 atom stereocenters. The Morgan fingerprint density at radius 2 is 2.29 bits per heavy atom. The summed E-state index contributed by atoms with van der Waals surface area (Å²) in [6.07, 6.45) is 0. The van der Waals surface area contributed by atoms with Crippen molar-refractivity contribution in [3.63, 3.8) is 0 Å². The molecule has 0 saturated carbocycles. The first-order chi connectivity index (χ1) is 6.75. The summed E-state index contributed by atoms with van der Waals surface area (Å²) in [6, 6.07) is 5.26. The zero-order valence-corrected chi connectivity index (χ0v) is 8.35. The van der Waals surface area contributed by atoms with Crippen molar-refractivity contribution in [2.45, 2.75) is 12.6 Å². The van der Waals surface area contributed by atoms with Gasteiger partial charge in [-0.15, -0.1) is 0 Å². The van der Waals surface area contributed by atoms with Crippen LogP contribution in [0.15, 0.2) is 18.2 Å². The molecular weight excluding hydrogens is 205 g/mol. The van der Waals surface area contributed by atoms with Gasteiger partial charge in [0, 0.05) is 6.54 Å². The minimum absolute atomic E-state index is 0.167. The predicted octanol–water partition coefficient (Wildman–Crippen LogP) is 1.97. The minimum Gasteiger partial charge on any atom is -0.378 e. The van der Waals surface area contributed by atoms with Gasteiger partial charge in [-0.1, -0.05) is 17.7 Å². The SMILES string of the molecule is Fc1cc(CNC2COC2)ccc1Cl. The molecule has 2 nitrogen and oxygen atoms in total. The highest BCUT2D eigenvalue weighted by Crippen LogP contribution is 2.15. The van der Waals surface area contributed by atoms with Crippen LogP contribution in [0.4, 0.5) is 4.39 Å². The van der Waals surface area contributed by atoms with Crippen molar-refractivity contribution < 1.29 is 9.13 Å².